The minimum absolute atomic E-state index is 0.0308. The van der Waals surface area contributed by atoms with Crippen LogP contribution in [0.2, 0.25) is 0 Å². The lowest BCUT2D eigenvalue weighted by molar-refractivity contribution is -0.127. The summed E-state index contributed by atoms with van der Waals surface area (Å²) in [6, 6.07) is 0.352. The highest BCUT2D eigenvalue weighted by Crippen LogP contribution is 2.28. The van der Waals surface area contributed by atoms with E-state index in [9.17, 15) is 4.79 Å². The van der Waals surface area contributed by atoms with Crippen molar-refractivity contribution in [1.29, 1.82) is 0 Å². The standard InChI is InChI=1S/C15H30N2O/c1-4-6-12-7-9-13(10-8-12)17-14(18)15(3,16)11-5-2/h12-13H,4-11,16H2,1-3H3,(H,17,18). The maximum atomic E-state index is 12.1. The molecule has 1 atom stereocenters. The lowest BCUT2D eigenvalue weighted by atomic mass is 9.83. The predicted molar refractivity (Wildman–Crippen MR) is 76.3 cm³/mol. The molecule has 0 bridgehead atoms. The molecule has 0 saturated heterocycles. The first-order valence-electron chi connectivity index (χ1n) is 7.59. The van der Waals surface area contributed by atoms with Crippen molar-refractivity contribution in [3.8, 4) is 0 Å². The second kappa shape index (κ2) is 7.13. The zero-order valence-corrected chi connectivity index (χ0v) is 12.3. The van der Waals surface area contributed by atoms with Gasteiger partial charge in [0.2, 0.25) is 5.91 Å². The number of nitrogens with two attached hydrogens (primary N) is 1. The normalized spacial score (nSPS) is 27.6. The van der Waals surface area contributed by atoms with E-state index in [1.165, 1.54) is 25.7 Å². The van der Waals surface area contributed by atoms with E-state index >= 15 is 0 Å². The van der Waals surface area contributed by atoms with Gasteiger partial charge in [-0.15, -0.1) is 0 Å². The molecule has 1 unspecified atom stereocenters. The third-order valence-electron chi connectivity index (χ3n) is 4.17. The Bertz CT molecular complexity index is 255. The van der Waals surface area contributed by atoms with Crippen LogP contribution < -0.4 is 11.1 Å². The highest BCUT2D eigenvalue weighted by atomic mass is 16.2. The molecular weight excluding hydrogens is 224 g/mol. The van der Waals surface area contributed by atoms with Crippen LogP contribution in [0.25, 0.3) is 0 Å². The highest BCUT2D eigenvalue weighted by Gasteiger charge is 2.30. The maximum Gasteiger partial charge on any atom is 0.240 e. The molecule has 0 spiro atoms. The van der Waals surface area contributed by atoms with Gasteiger partial charge in [0, 0.05) is 6.04 Å². The first-order chi connectivity index (χ1) is 8.49. The quantitative estimate of drug-likeness (QED) is 0.765. The summed E-state index contributed by atoms with van der Waals surface area (Å²) in [7, 11) is 0. The molecule has 0 aromatic rings. The number of carbonyl (C=O) groups excluding carboxylic acids is 1. The number of carbonyl (C=O) groups is 1. The Morgan fingerprint density at radius 3 is 2.33 bits per heavy atom. The highest BCUT2D eigenvalue weighted by molar-refractivity contribution is 5.85. The average Bonchev–Trinajstić information content (AvgIpc) is 2.32. The zero-order chi connectivity index (χ0) is 13.6. The Morgan fingerprint density at radius 2 is 1.83 bits per heavy atom. The Balaban J connectivity index is 2.34. The topological polar surface area (TPSA) is 55.1 Å². The van der Waals surface area contributed by atoms with Gasteiger partial charge in [-0.1, -0.05) is 33.1 Å². The SMILES string of the molecule is CCCC1CCC(NC(=O)C(C)(N)CCC)CC1. The third-order valence-corrected chi connectivity index (χ3v) is 4.17. The first kappa shape index (κ1) is 15.5. The van der Waals surface area contributed by atoms with Gasteiger partial charge < -0.3 is 11.1 Å². The molecule has 1 rings (SSSR count). The van der Waals surface area contributed by atoms with Gasteiger partial charge in [-0.2, -0.15) is 0 Å². The van der Waals surface area contributed by atoms with Gasteiger partial charge in [0.25, 0.3) is 0 Å². The molecule has 1 aliphatic rings. The van der Waals surface area contributed by atoms with E-state index in [1.54, 1.807) is 0 Å². The van der Waals surface area contributed by atoms with E-state index in [-0.39, 0.29) is 5.91 Å². The van der Waals surface area contributed by atoms with Crippen molar-refractivity contribution < 1.29 is 4.79 Å². The molecule has 3 nitrogen and oxygen atoms in total. The van der Waals surface area contributed by atoms with Gasteiger partial charge in [0.05, 0.1) is 5.54 Å². The molecule has 0 aliphatic heterocycles. The summed E-state index contributed by atoms with van der Waals surface area (Å²) in [5, 5.41) is 3.14. The second-order valence-electron chi connectivity index (χ2n) is 6.15. The molecule has 3 N–H and O–H groups in total. The Kier molecular flexibility index (Phi) is 6.13. The van der Waals surface area contributed by atoms with E-state index in [2.05, 4.69) is 19.2 Å². The van der Waals surface area contributed by atoms with E-state index in [0.717, 1.165) is 31.6 Å². The van der Waals surface area contributed by atoms with Crippen LogP contribution in [0.1, 0.15) is 72.1 Å². The molecule has 1 aliphatic carbocycles. The summed E-state index contributed by atoms with van der Waals surface area (Å²) in [4.78, 5) is 12.1. The lowest BCUT2D eigenvalue weighted by Gasteiger charge is -2.32. The monoisotopic (exact) mass is 254 g/mol. The van der Waals surface area contributed by atoms with Gasteiger partial charge in [-0.25, -0.2) is 0 Å². The summed E-state index contributed by atoms with van der Waals surface area (Å²) in [5.41, 5.74) is 5.35. The summed E-state index contributed by atoms with van der Waals surface area (Å²) in [6.07, 6.45) is 9.08. The van der Waals surface area contributed by atoms with Crippen LogP contribution in [0.5, 0.6) is 0 Å². The smallest absolute Gasteiger partial charge is 0.240 e. The van der Waals surface area contributed by atoms with Crippen LogP contribution in [0.15, 0.2) is 0 Å². The van der Waals surface area contributed by atoms with E-state index in [4.69, 9.17) is 5.73 Å². The molecule has 3 heteroatoms. The Morgan fingerprint density at radius 1 is 1.22 bits per heavy atom. The van der Waals surface area contributed by atoms with E-state index < -0.39 is 5.54 Å². The Hall–Kier alpha value is -0.570. The summed E-state index contributed by atoms with van der Waals surface area (Å²) in [6.45, 7) is 6.15. The molecular formula is C15H30N2O. The minimum atomic E-state index is -0.699. The number of nitrogens with one attached hydrogen (secondary N) is 1. The van der Waals surface area contributed by atoms with Crippen molar-refractivity contribution in [1.82, 2.24) is 5.32 Å². The first-order valence-corrected chi connectivity index (χ1v) is 7.59. The van der Waals surface area contributed by atoms with Gasteiger partial charge in [-0.3, -0.25) is 4.79 Å². The van der Waals surface area contributed by atoms with Gasteiger partial charge in [-0.05, 0) is 44.9 Å². The van der Waals surface area contributed by atoms with Crippen LogP contribution in [-0.2, 0) is 4.79 Å². The summed E-state index contributed by atoms with van der Waals surface area (Å²) in [5.74, 6) is 0.909. The fraction of sp³-hybridized carbons (Fsp3) is 0.933. The summed E-state index contributed by atoms with van der Waals surface area (Å²) >= 11 is 0. The molecule has 1 saturated carbocycles. The number of amides is 1. The number of hydrogen-bond acceptors (Lipinski definition) is 2. The summed E-state index contributed by atoms with van der Waals surface area (Å²) < 4.78 is 0. The third kappa shape index (κ3) is 4.60. The predicted octanol–water partition coefficient (Wildman–Crippen LogP) is 2.98. The zero-order valence-electron chi connectivity index (χ0n) is 12.3. The average molecular weight is 254 g/mol. The molecule has 106 valence electrons. The molecule has 1 fully saturated rings. The second-order valence-corrected chi connectivity index (χ2v) is 6.15. The van der Waals surface area contributed by atoms with E-state index in [0.29, 0.717) is 6.04 Å². The van der Waals surface area contributed by atoms with Crippen LogP contribution in [0.4, 0.5) is 0 Å². The van der Waals surface area contributed by atoms with Crippen molar-refractivity contribution in [3.05, 3.63) is 0 Å². The molecule has 0 aromatic carbocycles. The van der Waals surface area contributed by atoms with Crippen LogP contribution >= 0.6 is 0 Å². The molecule has 0 aromatic heterocycles. The fourth-order valence-electron chi connectivity index (χ4n) is 2.99. The van der Waals surface area contributed by atoms with Crippen molar-refractivity contribution >= 4 is 5.91 Å². The van der Waals surface area contributed by atoms with Gasteiger partial charge in [0.15, 0.2) is 0 Å². The van der Waals surface area contributed by atoms with Gasteiger partial charge in [0.1, 0.15) is 0 Å². The molecule has 1 amide bonds. The van der Waals surface area contributed by atoms with Crippen molar-refractivity contribution in [2.75, 3.05) is 0 Å². The largest absolute Gasteiger partial charge is 0.352 e. The van der Waals surface area contributed by atoms with Crippen LogP contribution in [-0.4, -0.2) is 17.5 Å². The Labute approximate surface area is 112 Å². The lowest BCUT2D eigenvalue weighted by Crippen LogP contribution is -2.54. The van der Waals surface area contributed by atoms with Crippen molar-refractivity contribution in [2.24, 2.45) is 11.7 Å². The molecule has 0 heterocycles. The number of rotatable bonds is 6. The number of hydrogen-bond donors (Lipinski definition) is 2. The molecule has 0 radical (unpaired) electrons. The van der Waals surface area contributed by atoms with Crippen LogP contribution in [0.3, 0.4) is 0 Å². The fourth-order valence-corrected chi connectivity index (χ4v) is 2.99. The molecule has 18 heavy (non-hydrogen) atoms. The minimum Gasteiger partial charge on any atom is -0.352 e. The van der Waals surface area contributed by atoms with Crippen molar-refractivity contribution in [3.63, 3.8) is 0 Å². The van der Waals surface area contributed by atoms with Gasteiger partial charge >= 0.3 is 0 Å². The van der Waals surface area contributed by atoms with E-state index in [1.807, 2.05) is 6.92 Å². The maximum absolute atomic E-state index is 12.1. The van der Waals surface area contributed by atoms with Crippen molar-refractivity contribution in [2.45, 2.75) is 83.7 Å². The van der Waals surface area contributed by atoms with Crippen LogP contribution in [0, 0.1) is 5.92 Å².